The molecular weight excluding hydrogens is 328 g/mol. The summed E-state index contributed by atoms with van der Waals surface area (Å²) in [7, 11) is -3.53. The molecule has 0 bridgehead atoms. The number of halogens is 2. The summed E-state index contributed by atoms with van der Waals surface area (Å²) < 4.78 is 53.0. The van der Waals surface area contributed by atoms with E-state index in [-0.39, 0.29) is 12.3 Å². The Hall–Kier alpha value is -1.70. The van der Waals surface area contributed by atoms with Gasteiger partial charge in [0.1, 0.15) is 17.6 Å². The summed E-state index contributed by atoms with van der Waals surface area (Å²) >= 11 is 0. The summed E-state index contributed by atoms with van der Waals surface area (Å²) in [5.74, 6) is -0.336. The zero-order valence-electron chi connectivity index (χ0n) is 13.3. The minimum absolute atomic E-state index is 0.0860. The molecule has 0 saturated carbocycles. The number of hydrogen-bond donors (Lipinski definition) is 1. The predicted molar refractivity (Wildman–Crippen MR) is 83.3 cm³/mol. The number of carbonyl (C=O) groups is 1. The van der Waals surface area contributed by atoms with Gasteiger partial charge in [0.05, 0.1) is 5.25 Å². The van der Waals surface area contributed by atoms with Gasteiger partial charge in [-0.1, -0.05) is 12.1 Å². The molecule has 1 rings (SSSR count). The molecule has 1 atom stereocenters. The van der Waals surface area contributed by atoms with Crippen LogP contribution in [0.5, 0.6) is 5.75 Å². The molecule has 1 aromatic carbocycles. The molecule has 0 aliphatic rings. The van der Waals surface area contributed by atoms with E-state index in [0.29, 0.717) is 5.56 Å². The lowest BCUT2D eigenvalue weighted by atomic mass is 10.2. The van der Waals surface area contributed by atoms with Gasteiger partial charge >= 0.3 is 0 Å². The van der Waals surface area contributed by atoms with Gasteiger partial charge in [-0.05, 0) is 38.5 Å². The van der Waals surface area contributed by atoms with Gasteiger partial charge in [0.2, 0.25) is 5.91 Å². The summed E-state index contributed by atoms with van der Waals surface area (Å²) in [5.41, 5.74) is 0.624. The van der Waals surface area contributed by atoms with Crippen molar-refractivity contribution < 1.29 is 26.7 Å². The molecule has 0 aromatic heterocycles. The second-order valence-corrected chi connectivity index (χ2v) is 8.18. The van der Waals surface area contributed by atoms with Crippen LogP contribution in [-0.4, -0.2) is 37.9 Å². The van der Waals surface area contributed by atoms with Crippen molar-refractivity contribution >= 4 is 15.7 Å². The van der Waals surface area contributed by atoms with Gasteiger partial charge in [0.25, 0.3) is 6.43 Å². The van der Waals surface area contributed by atoms with Crippen LogP contribution in [-0.2, 0) is 21.2 Å². The van der Waals surface area contributed by atoms with Crippen LogP contribution >= 0.6 is 0 Å². The quantitative estimate of drug-likeness (QED) is 0.781. The number of benzene rings is 1. The van der Waals surface area contributed by atoms with Gasteiger partial charge < -0.3 is 10.1 Å². The van der Waals surface area contributed by atoms with Crippen LogP contribution < -0.4 is 10.1 Å². The Morgan fingerprint density at radius 3 is 2.48 bits per heavy atom. The molecule has 0 heterocycles. The maximum Gasteiger partial charge on any atom is 0.272 e. The van der Waals surface area contributed by atoms with Gasteiger partial charge in [-0.25, -0.2) is 17.2 Å². The molecule has 5 nitrogen and oxygen atoms in total. The van der Waals surface area contributed by atoms with Crippen molar-refractivity contribution in [2.45, 2.75) is 44.2 Å². The highest BCUT2D eigenvalue weighted by Gasteiger charge is 2.30. The highest BCUT2D eigenvalue weighted by molar-refractivity contribution is 7.93. The number of rotatable bonds is 8. The van der Waals surface area contributed by atoms with E-state index >= 15 is 0 Å². The maximum absolute atomic E-state index is 12.1. The van der Waals surface area contributed by atoms with Crippen molar-refractivity contribution in [2.24, 2.45) is 0 Å². The molecule has 8 heteroatoms. The van der Waals surface area contributed by atoms with Crippen LogP contribution in [0.1, 0.15) is 26.3 Å². The van der Waals surface area contributed by atoms with E-state index in [1.807, 2.05) is 0 Å². The van der Waals surface area contributed by atoms with E-state index in [1.165, 1.54) is 32.9 Å². The van der Waals surface area contributed by atoms with Crippen LogP contribution in [0.15, 0.2) is 24.3 Å². The number of amides is 1. The van der Waals surface area contributed by atoms with Crippen molar-refractivity contribution in [3.63, 3.8) is 0 Å². The standard InChI is InChI=1S/C15H21F2NO4S/c1-10(2)23(20,21)11(3)15(19)18-8-12-5-4-6-13(7-12)22-9-14(16)17/h4-7,10-11,14H,8-9H2,1-3H3,(H,18,19)/t11-/m0/s1. The number of alkyl halides is 2. The number of carbonyl (C=O) groups excluding carboxylic acids is 1. The third-order valence-corrected chi connectivity index (χ3v) is 5.77. The summed E-state index contributed by atoms with van der Waals surface area (Å²) in [5, 5.41) is 0.734. The summed E-state index contributed by atoms with van der Waals surface area (Å²) in [6, 6.07) is 6.33. The lowest BCUT2D eigenvalue weighted by Crippen LogP contribution is -2.40. The predicted octanol–water partition coefficient (Wildman–Crippen LogP) is 2.16. The van der Waals surface area contributed by atoms with Gasteiger partial charge in [-0.15, -0.1) is 0 Å². The molecule has 0 aliphatic carbocycles. The van der Waals surface area contributed by atoms with E-state index in [2.05, 4.69) is 5.32 Å². The lowest BCUT2D eigenvalue weighted by Gasteiger charge is -2.16. The first-order chi connectivity index (χ1) is 10.6. The minimum Gasteiger partial charge on any atom is -0.488 e. The van der Waals surface area contributed by atoms with Crippen LogP contribution in [0, 0.1) is 0 Å². The third kappa shape index (κ3) is 5.78. The molecule has 1 aromatic rings. The number of ether oxygens (including phenoxy) is 1. The minimum atomic E-state index is -3.53. The largest absolute Gasteiger partial charge is 0.488 e. The molecule has 0 unspecified atom stereocenters. The summed E-state index contributed by atoms with van der Waals surface area (Å²) in [4.78, 5) is 11.9. The van der Waals surface area contributed by atoms with Gasteiger partial charge in [0.15, 0.2) is 9.84 Å². The molecule has 0 radical (unpaired) electrons. The first-order valence-electron chi connectivity index (χ1n) is 7.15. The molecule has 130 valence electrons. The van der Waals surface area contributed by atoms with Gasteiger partial charge in [-0.2, -0.15) is 0 Å². The van der Waals surface area contributed by atoms with Crippen molar-refractivity contribution in [1.82, 2.24) is 5.32 Å². The second-order valence-electron chi connectivity index (χ2n) is 5.35. The molecule has 0 fully saturated rings. The van der Waals surface area contributed by atoms with Crippen LogP contribution in [0.25, 0.3) is 0 Å². The fourth-order valence-corrected chi connectivity index (χ4v) is 2.99. The molecule has 23 heavy (non-hydrogen) atoms. The van der Waals surface area contributed by atoms with Gasteiger partial charge in [0, 0.05) is 6.54 Å². The molecule has 1 amide bonds. The first kappa shape index (κ1) is 19.3. The fourth-order valence-electron chi connectivity index (χ4n) is 1.79. The van der Waals surface area contributed by atoms with Crippen LogP contribution in [0.2, 0.25) is 0 Å². The topological polar surface area (TPSA) is 72.5 Å². The maximum atomic E-state index is 12.1. The van der Waals surface area contributed by atoms with Crippen molar-refractivity contribution in [3.8, 4) is 5.75 Å². The molecule has 0 saturated heterocycles. The average molecular weight is 349 g/mol. The van der Waals surface area contributed by atoms with Crippen molar-refractivity contribution in [1.29, 1.82) is 0 Å². The lowest BCUT2D eigenvalue weighted by molar-refractivity contribution is -0.120. The Morgan fingerprint density at radius 2 is 1.91 bits per heavy atom. The Bertz CT molecular complexity index is 632. The van der Waals surface area contributed by atoms with Crippen molar-refractivity contribution in [2.75, 3.05) is 6.61 Å². The first-order valence-corrected chi connectivity index (χ1v) is 8.76. The Labute approximate surface area is 134 Å². The Balaban J connectivity index is 2.64. The van der Waals surface area contributed by atoms with E-state index in [1.54, 1.807) is 12.1 Å². The van der Waals surface area contributed by atoms with E-state index < -0.39 is 39.3 Å². The number of nitrogens with one attached hydrogen (secondary N) is 1. The Morgan fingerprint density at radius 1 is 1.26 bits per heavy atom. The van der Waals surface area contributed by atoms with Crippen LogP contribution in [0.3, 0.4) is 0 Å². The van der Waals surface area contributed by atoms with E-state index in [0.717, 1.165) is 0 Å². The zero-order valence-corrected chi connectivity index (χ0v) is 14.1. The Kier molecular flexibility index (Phi) is 6.93. The highest BCUT2D eigenvalue weighted by atomic mass is 32.2. The number of sulfone groups is 1. The normalized spacial score (nSPS) is 13.2. The molecule has 1 N–H and O–H groups in total. The second kappa shape index (κ2) is 8.24. The van der Waals surface area contributed by atoms with E-state index in [9.17, 15) is 22.0 Å². The van der Waals surface area contributed by atoms with E-state index in [4.69, 9.17) is 4.74 Å². The smallest absolute Gasteiger partial charge is 0.272 e. The fraction of sp³-hybridized carbons (Fsp3) is 0.533. The molecule has 0 aliphatic heterocycles. The average Bonchev–Trinajstić information content (AvgIpc) is 2.50. The molecular formula is C15H21F2NO4S. The molecule has 0 spiro atoms. The number of hydrogen-bond acceptors (Lipinski definition) is 4. The SMILES string of the molecule is CC(C)S(=O)(=O)[C@@H](C)C(=O)NCc1cccc(OCC(F)F)c1. The summed E-state index contributed by atoms with van der Waals surface area (Å²) in [6.07, 6.45) is -2.57. The zero-order chi connectivity index (χ0) is 17.6. The van der Waals surface area contributed by atoms with Crippen molar-refractivity contribution in [3.05, 3.63) is 29.8 Å². The highest BCUT2D eigenvalue weighted by Crippen LogP contribution is 2.15. The third-order valence-electron chi connectivity index (χ3n) is 3.26. The van der Waals surface area contributed by atoms with Gasteiger partial charge in [-0.3, -0.25) is 4.79 Å². The summed E-state index contributed by atoms with van der Waals surface area (Å²) in [6.45, 7) is 3.75. The van der Waals surface area contributed by atoms with Crippen LogP contribution in [0.4, 0.5) is 8.78 Å². The monoisotopic (exact) mass is 349 g/mol.